The molecule has 0 aliphatic carbocycles. The molecule has 0 unspecified atom stereocenters. The minimum Gasteiger partial charge on any atom is -0.489 e. The lowest BCUT2D eigenvalue weighted by Crippen LogP contribution is -1.94. The first-order valence-corrected chi connectivity index (χ1v) is 7.92. The van der Waals surface area contributed by atoms with Crippen molar-refractivity contribution in [3.05, 3.63) is 65.0 Å². The lowest BCUT2D eigenvalue weighted by Gasteiger charge is -2.06. The van der Waals surface area contributed by atoms with E-state index in [-0.39, 0.29) is 0 Å². The highest BCUT2D eigenvalue weighted by molar-refractivity contribution is 6.30. The molecule has 3 aromatic rings. The molecule has 0 saturated heterocycles. The van der Waals surface area contributed by atoms with E-state index in [0.717, 1.165) is 34.7 Å². The minimum atomic E-state index is 0.498. The third-order valence-electron chi connectivity index (χ3n) is 3.35. The summed E-state index contributed by atoms with van der Waals surface area (Å²) in [6.45, 7) is 2.58. The number of aromatic nitrogens is 2. The number of aryl methyl sites for hydroxylation is 1. The van der Waals surface area contributed by atoms with Crippen molar-refractivity contribution in [1.82, 2.24) is 10.2 Å². The van der Waals surface area contributed by atoms with Crippen LogP contribution in [0.15, 0.2) is 52.9 Å². The van der Waals surface area contributed by atoms with E-state index in [9.17, 15) is 0 Å². The second-order valence-corrected chi connectivity index (χ2v) is 5.63. The summed E-state index contributed by atoms with van der Waals surface area (Å²) in [7, 11) is 0. The van der Waals surface area contributed by atoms with E-state index in [1.165, 1.54) is 0 Å². The van der Waals surface area contributed by atoms with Gasteiger partial charge in [-0.1, -0.05) is 30.7 Å². The standard InChI is InChI=1S/C18H17ClN2O2/c1-2-3-17-20-21-18(23-17)14-6-10-16(11-7-14)22-12-13-4-8-15(19)9-5-13/h4-11H,2-3,12H2,1H3. The maximum Gasteiger partial charge on any atom is 0.247 e. The molecule has 0 fully saturated rings. The fraction of sp³-hybridized carbons (Fsp3) is 0.222. The van der Waals surface area contributed by atoms with Gasteiger partial charge in [-0.15, -0.1) is 10.2 Å². The Morgan fingerprint density at radius 1 is 1.00 bits per heavy atom. The Kier molecular flexibility index (Phi) is 4.93. The van der Waals surface area contributed by atoms with Crippen LogP contribution < -0.4 is 4.74 Å². The fourth-order valence-corrected chi connectivity index (χ4v) is 2.25. The summed E-state index contributed by atoms with van der Waals surface area (Å²) in [6.07, 6.45) is 1.79. The van der Waals surface area contributed by atoms with E-state index in [1.807, 2.05) is 48.5 Å². The van der Waals surface area contributed by atoms with E-state index >= 15 is 0 Å². The molecule has 23 heavy (non-hydrogen) atoms. The molecule has 0 aliphatic rings. The summed E-state index contributed by atoms with van der Waals surface area (Å²) >= 11 is 5.87. The van der Waals surface area contributed by atoms with E-state index in [2.05, 4.69) is 17.1 Å². The van der Waals surface area contributed by atoms with Crippen molar-refractivity contribution in [2.45, 2.75) is 26.4 Å². The number of nitrogens with zero attached hydrogens (tertiary/aromatic N) is 2. The van der Waals surface area contributed by atoms with Crippen LogP contribution in [0.2, 0.25) is 5.02 Å². The van der Waals surface area contributed by atoms with Crippen LogP contribution in [0.5, 0.6) is 5.75 Å². The molecule has 1 aromatic heterocycles. The smallest absolute Gasteiger partial charge is 0.247 e. The molecule has 0 radical (unpaired) electrons. The summed E-state index contributed by atoms with van der Waals surface area (Å²) in [5.41, 5.74) is 1.96. The van der Waals surface area contributed by atoms with Crippen LogP contribution in [-0.4, -0.2) is 10.2 Å². The average Bonchev–Trinajstić information content (AvgIpc) is 3.04. The van der Waals surface area contributed by atoms with Gasteiger partial charge in [0.25, 0.3) is 0 Å². The molecule has 0 saturated carbocycles. The van der Waals surface area contributed by atoms with Gasteiger partial charge in [0.05, 0.1) is 0 Å². The Labute approximate surface area is 140 Å². The molecule has 3 rings (SSSR count). The van der Waals surface area contributed by atoms with Gasteiger partial charge in [-0.25, -0.2) is 0 Å². The first-order chi connectivity index (χ1) is 11.2. The van der Waals surface area contributed by atoms with Crippen molar-refractivity contribution in [3.63, 3.8) is 0 Å². The molecule has 0 bridgehead atoms. The predicted octanol–water partition coefficient (Wildman–Crippen LogP) is 4.92. The number of hydrogen-bond acceptors (Lipinski definition) is 4. The second kappa shape index (κ2) is 7.29. The number of hydrogen-bond donors (Lipinski definition) is 0. The van der Waals surface area contributed by atoms with Gasteiger partial charge in [0.15, 0.2) is 0 Å². The van der Waals surface area contributed by atoms with Crippen molar-refractivity contribution < 1.29 is 9.15 Å². The Hall–Kier alpha value is -2.33. The molecule has 0 aliphatic heterocycles. The van der Waals surface area contributed by atoms with Gasteiger partial charge in [0.2, 0.25) is 11.8 Å². The maximum atomic E-state index is 5.87. The van der Waals surface area contributed by atoms with Gasteiger partial charge in [-0.2, -0.15) is 0 Å². The second-order valence-electron chi connectivity index (χ2n) is 5.19. The predicted molar refractivity (Wildman–Crippen MR) is 89.5 cm³/mol. The van der Waals surface area contributed by atoms with Gasteiger partial charge in [0, 0.05) is 17.0 Å². The van der Waals surface area contributed by atoms with E-state index < -0.39 is 0 Å². The minimum absolute atomic E-state index is 0.498. The van der Waals surface area contributed by atoms with Crippen LogP contribution in [0.3, 0.4) is 0 Å². The first-order valence-electron chi connectivity index (χ1n) is 7.54. The van der Waals surface area contributed by atoms with E-state index in [4.69, 9.17) is 20.8 Å². The van der Waals surface area contributed by atoms with Crippen molar-refractivity contribution in [1.29, 1.82) is 0 Å². The molecular weight excluding hydrogens is 312 g/mol. The summed E-state index contributed by atoms with van der Waals surface area (Å²) in [5, 5.41) is 8.82. The largest absolute Gasteiger partial charge is 0.489 e. The maximum absolute atomic E-state index is 5.87. The first kappa shape index (κ1) is 15.6. The topological polar surface area (TPSA) is 48.2 Å². The Morgan fingerprint density at radius 2 is 1.74 bits per heavy atom. The highest BCUT2D eigenvalue weighted by Gasteiger charge is 2.08. The quantitative estimate of drug-likeness (QED) is 0.644. The number of halogens is 1. The van der Waals surface area contributed by atoms with Gasteiger partial charge in [0.1, 0.15) is 12.4 Å². The Morgan fingerprint density at radius 3 is 2.43 bits per heavy atom. The van der Waals surface area contributed by atoms with E-state index in [1.54, 1.807) is 0 Å². The van der Waals surface area contributed by atoms with Crippen LogP contribution in [-0.2, 0) is 13.0 Å². The van der Waals surface area contributed by atoms with E-state index in [0.29, 0.717) is 18.4 Å². The summed E-state index contributed by atoms with van der Waals surface area (Å²) in [5.74, 6) is 2.00. The molecule has 0 N–H and O–H groups in total. The third-order valence-corrected chi connectivity index (χ3v) is 3.60. The lowest BCUT2D eigenvalue weighted by atomic mass is 10.2. The SMILES string of the molecule is CCCc1nnc(-c2ccc(OCc3ccc(Cl)cc3)cc2)o1. The highest BCUT2D eigenvalue weighted by atomic mass is 35.5. The Balaban J connectivity index is 1.63. The molecule has 2 aromatic carbocycles. The summed E-state index contributed by atoms with van der Waals surface area (Å²) in [4.78, 5) is 0. The summed E-state index contributed by atoms with van der Waals surface area (Å²) in [6, 6.07) is 15.2. The fourth-order valence-electron chi connectivity index (χ4n) is 2.13. The molecule has 118 valence electrons. The molecule has 1 heterocycles. The van der Waals surface area contributed by atoms with Crippen molar-refractivity contribution >= 4 is 11.6 Å². The number of rotatable bonds is 6. The molecule has 5 heteroatoms. The molecule has 0 spiro atoms. The van der Waals surface area contributed by atoms with Gasteiger partial charge >= 0.3 is 0 Å². The third kappa shape index (κ3) is 4.11. The molecule has 0 amide bonds. The average molecular weight is 329 g/mol. The lowest BCUT2D eigenvalue weighted by molar-refractivity contribution is 0.306. The number of ether oxygens (including phenoxy) is 1. The van der Waals surface area contributed by atoms with Crippen LogP contribution >= 0.6 is 11.6 Å². The van der Waals surface area contributed by atoms with Crippen molar-refractivity contribution in [3.8, 4) is 17.2 Å². The zero-order valence-electron chi connectivity index (χ0n) is 12.8. The van der Waals surface area contributed by atoms with Crippen molar-refractivity contribution in [2.75, 3.05) is 0 Å². The van der Waals surface area contributed by atoms with Crippen LogP contribution in [0.25, 0.3) is 11.5 Å². The van der Waals surface area contributed by atoms with Gasteiger partial charge in [-0.3, -0.25) is 0 Å². The van der Waals surface area contributed by atoms with Gasteiger partial charge < -0.3 is 9.15 Å². The van der Waals surface area contributed by atoms with Crippen LogP contribution in [0.1, 0.15) is 24.8 Å². The van der Waals surface area contributed by atoms with Gasteiger partial charge in [-0.05, 0) is 48.4 Å². The Bertz CT molecular complexity index is 751. The molecule has 0 atom stereocenters. The van der Waals surface area contributed by atoms with Crippen LogP contribution in [0, 0.1) is 0 Å². The normalized spacial score (nSPS) is 10.7. The summed E-state index contributed by atoms with van der Waals surface area (Å²) < 4.78 is 11.4. The monoisotopic (exact) mass is 328 g/mol. The molecule has 4 nitrogen and oxygen atoms in total. The highest BCUT2D eigenvalue weighted by Crippen LogP contribution is 2.22. The van der Waals surface area contributed by atoms with Crippen LogP contribution in [0.4, 0.5) is 0 Å². The zero-order chi connectivity index (χ0) is 16.1. The zero-order valence-corrected chi connectivity index (χ0v) is 13.6. The van der Waals surface area contributed by atoms with Crippen molar-refractivity contribution in [2.24, 2.45) is 0 Å². The number of benzene rings is 2. The molecular formula is C18H17ClN2O2.